The molecule has 0 bridgehead atoms. The van der Waals surface area contributed by atoms with Gasteiger partial charge < -0.3 is 15.6 Å². The largest absolute Gasteiger partial charge is 0.364 e. The summed E-state index contributed by atoms with van der Waals surface area (Å²) in [6, 6.07) is 1.54. The summed E-state index contributed by atoms with van der Waals surface area (Å²) in [7, 11) is 1.70. The molecule has 0 saturated heterocycles. The van der Waals surface area contributed by atoms with Crippen LogP contribution in [0.3, 0.4) is 0 Å². The summed E-state index contributed by atoms with van der Waals surface area (Å²) < 4.78 is 1.59. The molecule has 8 heteroatoms. The zero-order chi connectivity index (χ0) is 15.7. The fourth-order valence-electron chi connectivity index (χ4n) is 2.01. The summed E-state index contributed by atoms with van der Waals surface area (Å²) in [6.45, 7) is 3.82. The number of nitrogens with zero attached hydrogens (tertiary/aromatic N) is 2. The molecule has 2 amide bonds. The van der Waals surface area contributed by atoms with Crippen molar-refractivity contribution >= 4 is 29.1 Å². The van der Waals surface area contributed by atoms with Crippen LogP contribution in [0.4, 0.5) is 5.69 Å². The molecule has 7 nitrogen and oxygen atoms in total. The van der Waals surface area contributed by atoms with Crippen molar-refractivity contribution in [1.29, 1.82) is 0 Å². The lowest BCUT2D eigenvalue weighted by Gasteiger charge is -2.09. The zero-order valence-electron chi connectivity index (χ0n) is 11.9. The molecule has 21 heavy (non-hydrogen) atoms. The summed E-state index contributed by atoms with van der Waals surface area (Å²) in [4.78, 5) is 23.7. The standard InChI is InChI=1S/C13H16ClN5O2/c1-6(2)9-10(11(12(15)20)18-17-9)16-13(21)8-4-7(14)5-19(8)3/h4-6H,1-3H3,(H2,15,20)(H,16,21)(H,17,18). The molecule has 0 aromatic carbocycles. The Morgan fingerprint density at radius 3 is 2.62 bits per heavy atom. The van der Waals surface area contributed by atoms with Gasteiger partial charge in [0.15, 0.2) is 5.69 Å². The predicted molar refractivity (Wildman–Crippen MR) is 79.6 cm³/mol. The highest BCUT2D eigenvalue weighted by Crippen LogP contribution is 2.26. The van der Waals surface area contributed by atoms with Crippen LogP contribution in [0.1, 0.15) is 46.4 Å². The molecule has 0 spiro atoms. The number of nitrogens with two attached hydrogens (primary N) is 1. The average Bonchev–Trinajstić information content (AvgIpc) is 2.92. The smallest absolute Gasteiger partial charge is 0.272 e. The molecule has 4 N–H and O–H groups in total. The fraction of sp³-hybridized carbons (Fsp3) is 0.308. The first-order valence-corrected chi connectivity index (χ1v) is 6.70. The molecule has 0 atom stereocenters. The minimum Gasteiger partial charge on any atom is -0.364 e. The SMILES string of the molecule is CC(C)c1[nH]nc(C(N)=O)c1NC(=O)c1cc(Cl)cn1C. The number of hydrogen-bond acceptors (Lipinski definition) is 3. The summed E-state index contributed by atoms with van der Waals surface area (Å²) >= 11 is 5.86. The van der Waals surface area contributed by atoms with Gasteiger partial charge in [-0.3, -0.25) is 14.7 Å². The van der Waals surface area contributed by atoms with Crippen LogP contribution in [-0.2, 0) is 7.05 Å². The molecule has 2 aromatic heterocycles. The summed E-state index contributed by atoms with van der Waals surface area (Å²) in [5.41, 5.74) is 6.59. The van der Waals surface area contributed by atoms with E-state index in [0.29, 0.717) is 22.1 Å². The van der Waals surface area contributed by atoms with E-state index in [4.69, 9.17) is 17.3 Å². The topological polar surface area (TPSA) is 106 Å². The van der Waals surface area contributed by atoms with Gasteiger partial charge in [0.2, 0.25) is 0 Å². The Bertz CT molecular complexity index is 701. The highest BCUT2D eigenvalue weighted by molar-refractivity contribution is 6.31. The Balaban J connectivity index is 2.38. The van der Waals surface area contributed by atoms with Crippen LogP contribution >= 0.6 is 11.6 Å². The van der Waals surface area contributed by atoms with E-state index in [-0.39, 0.29) is 11.6 Å². The van der Waals surface area contributed by atoms with Gasteiger partial charge in [-0.2, -0.15) is 5.10 Å². The van der Waals surface area contributed by atoms with E-state index in [0.717, 1.165) is 0 Å². The lowest BCUT2D eigenvalue weighted by molar-refractivity contribution is 0.0996. The number of nitrogens with one attached hydrogen (secondary N) is 2. The number of primary amides is 1. The molecule has 112 valence electrons. The van der Waals surface area contributed by atoms with Crippen LogP contribution in [0.5, 0.6) is 0 Å². The zero-order valence-corrected chi connectivity index (χ0v) is 12.7. The number of rotatable bonds is 4. The highest BCUT2D eigenvalue weighted by atomic mass is 35.5. The number of hydrogen-bond donors (Lipinski definition) is 3. The molecular weight excluding hydrogens is 294 g/mol. The molecule has 0 fully saturated rings. The number of halogens is 1. The lowest BCUT2D eigenvalue weighted by Crippen LogP contribution is -2.20. The number of aromatic nitrogens is 3. The second-order valence-electron chi connectivity index (χ2n) is 4.99. The Kier molecular flexibility index (Phi) is 4.04. The van der Waals surface area contributed by atoms with Crippen molar-refractivity contribution < 1.29 is 9.59 Å². The molecule has 2 heterocycles. The molecule has 0 radical (unpaired) electrons. The van der Waals surface area contributed by atoms with E-state index in [9.17, 15) is 9.59 Å². The summed E-state index contributed by atoms with van der Waals surface area (Å²) in [5.74, 6) is -1.06. The number of H-pyrrole nitrogens is 1. The monoisotopic (exact) mass is 309 g/mol. The Morgan fingerprint density at radius 1 is 1.48 bits per heavy atom. The maximum absolute atomic E-state index is 12.3. The quantitative estimate of drug-likeness (QED) is 0.802. The molecule has 0 aliphatic rings. The van der Waals surface area contributed by atoms with E-state index >= 15 is 0 Å². The maximum atomic E-state index is 12.3. The first kappa shape index (κ1) is 15.1. The molecule has 2 aromatic rings. The molecular formula is C13H16ClN5O2. The average molecular weight is 310 g/mol. The maximum Gasteiger partial charge on any atom is 0.272 e. The lowest BCUT2D eigenvalue weighted by atomic mass is 10.1. The first-order valence-electron chi connectivity index (χ1n) is 6.32. The van der Waals surface area contributed by atoms with E-state index in [2.05, 4.69) is 15.5 Å². The minimum absolute atomic E-state index is 0.00681. The van der Waals surface area contributed by atoms with Crippen molar-refractivity contribution in [2.45, 2.75) is 19.8 Å². The third kappa shape index (κ3) is 2.92. The van der Waals surface area contributed by atoms with Crippen LogP contribution in [-0.4, -0.2) is 26.6 Å². The number of anilines is 1. The summed E-state index contributed by atoms with van der Waals surface area (Å²) in [5, 5.41) is 9.73. The number of aryl methyl sites for hydroxylation is 1. The van der Waals surface area contributed by atoms with E-state index in [1.807, 2.05) is 13.8 Å². The van der Waals surface area contributed by atoms with Gasteiger partial charge in [-0.25, -0.2) is 0 Å². The van der Waals surface area contributed by atoms with E-state index in [1.165, 1.54) is 6.07 Å². The molecule has 0 unspecified atom stereocenters. The van der Waals surface area contributed by atoms with Crippen molar-refractivity contribution in [3.8, 4) is 0 Å². The van der Waals surface area contributed by atoms with Crippen molar-refractivity contribution in [2.24, 2.45) is 12.8 Å². The van der Waals surface area contributed by atoms with Gasteiger partial charge in [-0.1, -0.05) is 25.4 Å². The second-order valence-corrected chi connectivity index (χ2v) is 5.42. The molecule has 0 saturated carbocycles. The van der Waals surface area contributed by atoms with Gasteiger partial charge in [0.1, 0.15) is 5.69 Å². The van der Waals surface area contributed by atoms with Crippen LogP contribution < -0.4 is 11.1 Å². The van der Waals surface area contributed by atoms with Gasteiger partial charge in [0.25, 0.3) is 11.8 Å². The van der Waals surface area contributed by atoms with Gasteiger partial charge in [-0.15, -0.1) is 0 Å². The minimum atomic E-state index is -0.710. The predicted octanol–water partition coefficient (Wildman–Crippen LogP) is 1.88. The number of carbonyl (C=O) groups excluding carboxylic acids is 2. The number of amides is 2. The number of carbonyl (C=O) groups is 2. The first-order chi connectivity index (χ1) is 9.81. The highest BCUT2D eigenvalue weighted by Gasteiger charge is 2.22. The van der Waals surface area contributed by atoms with Crippen molar-refractivity contribution in [3.05, 3.63) is 34.4 Å². The third-order valence-electron chi connectivity index (χ3n) is 3.05. The van der Waals surface area contributed by atoms with Crippen molar-refractivity contribution in [1.82, 2.24) is 14.8 Å². The number of aromatic amines is 1. The second kappa shape index (κ2) is 5.61. The van der Waals surface area contributed by atoms with Gasteiger partial charge in [0, 0.05) is 13.2 Å². The van der Waals surface area contributed by atoms with Crippen LogP contribution in [0.25, 0.3) is 0 Å². The molecule has 0 aliphatic heterocycles. The van der Waals surface area contributed by atoms with E-state index < -0.39 is 11.8 Å². The molecule has 2 rings (SSSR count). The normalized spacial score (nSPS) is 10.9. The Labute approximate surface area is 126 Å². The van der Waals surface area contributed by atoms with Crippen molar-refractivity contribution in [2.75, 3.05) is 5.32 Å². The van der Waals surface area contributed by atoms with Crippen LogP contribution in [0.15, 0.2) is 12.3 Å². The van der Waals surface area contributed by atoms with Crippen LogP contribution in [0.2, 0.25) is 5.02 Å². The Morgan fingerprint density at radius 2 is 2.14 bits per heavy atom. The van der Waals surface area contributed by atoms with Gasteiger partial charge in [0.05, 0.1) is 16.4 Å². The molecule has 0 aliphatic carbocycles. The van der Waals surface area contributed by atoms with Gasteiger partial charge >= 0.3 is 0 Å². The van der Waals surface area contributed by atoms with Gasteiger partial charge in [-0.05, 0) is 12.0 Å². The Hall–Kier alpha value is -2.28. The van der Waals surface area contributed by atoms with Crippen LogP contribution in [0, 0.1) is 0 Å². The third-order valence-corrected chi connectivity index (χ3v) is 3.25. The van der Waals surface area contributed by atoms with Crippen molar-refractivity contribution in [3.63, 3.8) is 0 Å². The van der Waals surface area contributed by atoms with E-state index in [1.54, 1.807) is 17.8 Å². The fourth-order valence-corrected chi connectivity index (χ4v) is 2.26. The summed E-state index contributed by atoms with van der Waals surface area (Å²) in [6.07, 6.45) is 1.62.